The molecule has 2 heteroatoms. The van der Waals surface area contributed by atoms with Gasteiger partial charge in [-0.3, -0.25) is 0 Å². The molecule has 90 valence electrons. The summed E-state index contributed by atoms with van der Waals surface area (Å²) < 4.78 is 0. The Labute approximate surface area is 102 Å². The van der Waals surface area contributed by atoms with Crippen LogP contribution in [0, 0.1) is 11.8 Å². The third kappa shape index (κ3) is 1.87. The summed E-state index contributed by atoms with van der Waals surface area (Å²) in [5.41, 5.74) is 0.735. The van der Waals surface area contributed by atoms with E-state index in [2.05, 4.69) is 12.2 Å². The molecule has 2 N–H and O–H groups in total. The van der Waals surface area contributed by atoms with E-state index in [1.807, 2.05) is 19.1 Å². The van der Waals surface area contributed by atoms with Crippen LogP contribution in [0.25, 0.3) is 0 Å². The van der Waals surface area contributed by atoms with Gasteiger partial charge < -0.3 is 10.2 Å². The maximum absolute atomic E-state index is 10.1. The highest BCUT2D eigenvalue weighted by Crippen LogP contribution is 2.51. The van der Waals surface area contributed by atoms with Crippen molar-refractivity contribution in [2.75, 3.05) is 0 Å². The molecule has 2 aliphatic rings. The normalized spacial score (nSPS) is 39.5. The van der Waals surface area contributed by atoms with Gasteiger partial charge in [0.15, 0.2) is 0 Å². The molecule has 0 bridgehead atoms. The van der Waals surface area contributed by atoms with Crippen LogP contribution >= 0.6 is 0 Å². The average Bonchev–Trinajstić information content (AvgIpc) is 2.74. The van der Waals surface area contributed by atoms with Gasteiger partial charge in [-0.05, 0) is 49.3 Å². The van der Waals surface area contributed by atoms with E-state index in [9.17, 15) is 10.2 Å². The molecular weight excluding hydrogens is 212 g/mol. The van der Waals surface area contributed by atoms with E-state index in [0.717, 1.165) is 12.8 Å². The Hall–Kier alpha value is -1.28. The number of benzene rings is 1. The Balaban J connectivity index is 1.86. The molecule has 0 amide bonds. The molecule has 1 unspecified atom stereocenters. The highest BCUT2D eigenvalue weighted by atomic mass is 16.3. The number of phenolic OH excluding ortho intramolecular Hbond substituents is 1. The minimum atomic E-state index is -0.505. The molecule has 17 heavy (non-hydrogen) atoms. The van der Waals surface area contributed by atoms with Crippen molar-refractivity contribution in [3.8, 4) is 5.75 Å². The maximum Gasteiger partial charge on any atom is 0.115 e. The summed E-state index contributed by atoms with van der Waals surface area (Å²) in [6.07, 6.45) is 6.26. The van der Waals surface area contributed by atoms with Crippen LogP contribution in [0.2, 0.25) is 0 Å². The number of fused-ring (bicyclic) bond motifs is 1. The molecular formula is C15H18O2. The lowest BCUT2D eigenvalue weighted by Crippen LogP contribution is -2.20. The smallest absolute Gasteiger partial charge is 0.115 e. The zero-order valence-electron chi connectivity index (χ0n) is 10.0. The number of hydrogen-bond acceptors (Lipinski definition) is 2. The van der Waals surface area contributed by atoms with Crippen LogP contribution in [0.1, 0.15) is 31.2 Å². The molecule has 2 aliphatic carbocycles. The summed E-state index contributed by atoms with van der Waals surface area (Å²) in [6.45, 7) is 1.94. The standard InChI is InChI=1S/C15H18O2/c1-15(17)8-11-4-7-13(14(11)9-15)10-2-5-12(16)6-3-10/h2-7,11,13-14,16-17H,8-9H2,1H3/t11-,13?,14-,15+/m0/s1. The first-order chi connectivity index (χ1) is 8.05. The molecule has 0 saturated heterocycles. The van der Waals surface area contributed by atoms with Crippen LogP contribution in [-0.4, -0.2) is 15.8 Å². The Morgan fingerprint density at radius 1 is 1.12 bits per heavy atom. The maximum atomic E-state index is 10.1. The summed E-state index contributed by atoms with van der Waals surface area (Å²) in [6, 6.07) is 7.45. The summed E-state index contributed by atoms with van der Waals surface area (Å²) in [5.74, 6) is 1.75. The van der Waals surface area contributed by atoms with Crippen molar-refractivity contribution in [1.29, 1.82) is 0 Å². The Kier molecular flexibility index (Phi) is 2.30. The van der Waals surface area contributed by atoms with Crippen LogP contribution in [0.15, 0.2) is 36.4 Å². The fraction of sp³-hybridized carbons (Fsp3) is 0.467. The van der Waals surface area contributed by atoms with Gasteiger partial charge in [-0.15, -0.1) is 0 Å². The number of aromatic hydroxyl groups is 1. The molecule has 2 nitrogen and oxygen atoms in total. The second kappa shape index (κ2) is 3.61. The number of rotatable bonds is 1. The van der Waals surface area contributed by atoms with E-state index in [-0.39, 0.29) is 0 Å². The monoisotopic (exact) mass is 230 g/mol. The first kappa shape index (κ1) is 10.8. The molecule has 1 fully saturated rings. The van der Waals surface area contributed by atoms with Gasteiger partial charge >= 0.3 is 0 Å². The molecule has 0 spiro atoms. The second-order valence-corrected chi connectivity index (χ2v) is 5.74. The van der Waals surface area contributed by atoms with Crippen molar-refractivity contribution >= 4 is 0 Å². The fourth-order valence-electron chi connectivity index (χ4n) is 3.47. The predicted molar refractivity (Wildman–Crippen MR) is 66.8 cm³/mol. The lowest BCUT2D eigenvalue weighted by atomic mass is 9.85. The summed E-state index contributed by atoms with van der Waals surface area (Å²) >= 11 is 0. The Morgan fingerprint density at radius 3 is 2.53 bits per heavy atom. The van der Waals surface area contributed by atoms with Crippen LogP contribution in [0.3, 0.4) is 0 Å². The summed E-state index contributed by atoms with van der Waals surface area (Å²) in [5, 5.41) is 19.4. The lowest BCUT2D eigenvalue weighted by molar-refractivity contribution is 0.0611. The van der Waals surface area contributed by atoms with E-state index in [4.69, 9.17) is 0 Å². The van der Waals surface area contributed by atoms with E-state index in [1.54, 1.807) is 12.1 Å². The molecule has 1 aromatic rings. The van der Waals surface area contributed by atoms with Gasteiger partial charge in [0, 0.05) is 5.92 Å². The molecule has 0 aliphatic heterocycles. The molecule has 0 aromatic heterocycles. The number of allylic oxidation sites excluding steroid dienone is 2. The SMILES string of the molecule is C[C@]1(O)C[C@@H]2C(c3ccc(O)cc3)C=C[C@H]2C1. The van der Waals surface area contributed by atoms with E-state index >= 15 is 0 Å². The molecule has 1 aromatic carbocycles. The third-order valence-electron chi connectivity index (χ3n) is 4.21. The predicted octanol–water partition coefficient (Wildman–Crippen LogP) is 2.82. The van der Waals surface area contributed by atoms with Crippen molar-refractivity contribution in [1.82, 2.24) is 0 Å². The van der Waals surface area contributed by atoms with Gasteiger partial charge in [0.1, 0.15) is 5.75 Å². The third-order valence-corrected chi connectivity index (χ3v) is 4.21. The van der Waals surface area contributed by atoms with Crippen molar-refractivity contribution < 1.29 is 10.2 Å². The largest absolute Gasteiger partial charge is 0.508 e. The van der Waals surface area contributed by atoms with Crippen LogP contribution in [-0.2, 0) is 0 Å². The van der Waals surface area contributed by atoms with E-state index < -0.39 is 5.60 Å². The topological polar surface area (TPSA) is 40.5 Å². The van der Waals surface area contributed by atoms with Crippen molar-refractivity contribution in [3.63, 3.8) is 0 Å². The lowest BCUT2D eigenvalue weighted by Gasteiger charge is -2.21. The minimum absolute atomic E-state index is 0.311. The van der Waals surface area contributed by atoms with E-state index in [0.29, 0.717) is 23.5 Å². The zero-order chi connectivity index (χ0) is 12.0. The molecule has 0 heterocycles. The Bertz CT molecular complexity index is 444. The quantitative estimate of drug-likeness (QED) is 0.728. The highest BCUT2D eigenvalue weighted by Gasteiger charge is 2.45. The van der Waals surface area contributed by atoms with Crippen LogP contribution in [0.5, 0.6) is 5.75 Å². The first-order valence-electron chi connectivity index (χ1n) is 6.25. The van der Waals surface area contributed by atoms with Gasteiger partial charge in [0.2, 0.25) is 0 Å². The van der Waals surface area contributed by atoms with E-state index in [1.165, 1.54) is 5.56 Å². The second-order valence-electron chi connectivity index (χ2n) is 5.74. The molecule has 0 radical (unpaired) electrons. The Morgan fingerprint density at radius 2 is 1.82 bits per heavy atom. The van der Waals surface area contributed by atoms with Gasteiger partial charge in [0.05, 0.1) is 5.60 Å². The zero-order valence-corrected chi connectivity index (χ0v) is 10.0. The number of aliphatic hydroxyl groups is 1. The number of phenols is 1. The molecule has 4 atom stereocenters. The van der Waals surface area contributed by atoms with Gasteiger partial charge in [0.25, 0.3) is 0 Å². The van der Waals surface area contributed by atoms with Crippen molar-refractivity contribution in [3.05, 3.63) is 42.0 Å². The van der Waals surface area contributed by atoms with Gasteiger partial charge in [-0.1, -0.05) is 24.3 Å². The fourth-order valence-corrected chi connectivity index (χ4v) is 3.47. The van der Waals surface area contributed by atoms with Crippen molar-refractivity contribution in [2.45, 2.75) is 31.3 Å². The van der Waals surface area contributed by atoms with Gasteiger partial charge in [-0.25, -0.2) is 0 Å². The molecule has 3 rings (SSSR count). The molecule has 1 saturated carbocycles. The highest BCUT2D eigenvalue weighted by molar-refractivity contribution is 5.34. The van der Waals surface area contributed by atoms with Crippen LogP contribution < -0.4 is 0 Å². The van der Waals surface area contributed by atoms with Crippen LogP contribution in [0.4, 0.5) is 0 Å². The van der Waals surface area contributed by atoms with Gasteiger partial charge in [-0.2, -0.15) is 0 Å². The van der Waals surface area contributed by atoms with Crippen molar-refractivity contribution in [2.24, 2.45) is 11.8 Å². The summed E-state index contributed by atoms with van der Waals surface area (Å²) in [4.78, 5) is 0. The minimum Gasteiger partial charge on any atom is -0.508 e. The first-order valence-corrected chi connectivity index (χ1v) is 6.25. The average molecular weight is 230 g/mol. The number of hydrogen-bond donors (Lipinski definition) is 2. The summed E-state index contributed by atoms with van der Waals surface area (Å²) in [7, 11) is 0.